The van der Waals surface area contributed by atoms with E-state index in [0.717, 1.165) is 24.8 Å². The molecule has 7 nitrogen and oxygen atoms in total. The Morgan fingerprint density at radius 2 is 1.96 bits per heavy atom. The van der Waals surface area contributed by atoms with Crippen LogP contribution in [0.5, 0.6) is 0 Å². The number of nitrogens with zero attached hydrogens (tertiary/aromatic N) is 5. The summed E-state index contributed by atoms with van der Waals surface area (Å²) in [7, 11) is 0. The molecule has 1 atom stereocenters. The van der Waals surface area contributed by atoms with Gasteiger partial charge in [0.25, 0.3) is 5.91 Å². The summed E-state index contributed by atoms with van der Waals surface area (Å²) < 4.78 is 5.86. The Labute approximate surface area is 144 Å². The van der Waals surface area contributed by atoms with Crippen molar-refractivity contribution in [2.24, 2.45) is 0 Å². The molecular formula is C18H17N5O2. The van der Waals surface area contributed by atoms with Crippen LogP contribution < -0.4 is 0 Å². The van der Waals surface area contributed by atoms with Gasteiger partial charge in [-0.1, -0.05) is 6.07 Å². The highest BCUT2D eigenvalue weighted by atomic mass is 16.4. The van der Waals surface area contributed by atoms with Gasteiger partial charge in [-0.2, -0.15) is 0 Å². The maximum absolute atomic E-state index is 12.8. The van der Waals surface area contributed by atoms with Crippen LogP contribution in [0, 0.1) is 0 Å². The second-order valence-corrected chi connectivity index (χ2v) is 5.91. The third-order valence-corrected chi connectivity index (χ3v) is 4.30. The predicted molar refractivity (Wildman–Crippen MR) is 89.4 cm³/mol. The monoisotopic (exact) mass is 335 g/mol. The number of rotatable bonds is 3. The molecule has 0 saturated carbocycles. The molecular weight excluding hydrogens is 318 g/mol. The molecule has 1 aliphatic heterocycles. The lowest BCUT2D eigenvalue weighted by Crippen LogP contribution is -2.39. The van der Waals surface area contributed by atoms with Crippen molar-refractivity contribution in [2.75, 3.05) is 6.54 Å². The highest BCUT2D eigenvalue weighted by molar-refractivity contribution is 5.92. The molecule has 25 heavy (non-hydrogen) atoms. The number of aromatic nitrogens is 4. The molecule has 0 aliphatic carbocycles. The van der Waals surface area contributed by atoms with Crippen molar-refractivity contribution >= 4 is 5.91 Å². The van der Waals surface area contributed by atoms with Crippen LogP contribution in [-0.2, 0) is 0 Å². The third kappa shape index (κ3) is 3.13. The van der Waals surface area contributed by atoms with E-state index in [4.69, 9.17) is 4.42 Å². The molecule has 0 aromatic carbocycles. The molecule has 0 unspecified atom stereocenters. The standard InChI is InChI=1S/C18H17N5O2/c24-18(14-5-1-3-9-20-14)23-12-4-2-6-15(23)17-22-21-16(25-17)13-7-10-19-11-8-13/h1,3,5,7-11,15H,2,4,6,12H2/t15-/m0/s1. The summed E-state index contributed by atoms with van der Waals surface area (Å²) in [5.41, 5.74) is 1.25. The van der Waals surface area contributed by atoms with Gasteiger partial charge in [-0.3, -0.25) is 14.8 Å². The summed E-state index contributed by atoms with van der Waals surface area (Å²) >= 11 is 0. The predicted octanol–water partition coefficient (Wildman–Crippen LogP) is 2.89. The van der Waals surface area contributed by atoms with Gasteiger partial charge in [0.1, 0.15) is 11.7 Å². The van der Waals surface area contributed by atoms with Crippen molar-refractivity contribution in [1.82, 2.24) is 25.1 Å². The minimum absolute atomic E-state index is 0.103. The number of piperidine rings is 1. The third-order valence-electron chi connectivity index (χ3n) is 4.30. The molecule has 1 amide bonds. The normalized spacial score (nSPS) is 17.4. The zero-order valence-electron chi connectivity index (χ0n) is 13.6. The van der Waals surface area contributed by atoms with Crippen molar-refractivity contribution in [3.05, 3.63) is 60.5 Å². The highest BCUT2D eigenvalue weighted by Gasteiger charge is 2.33. The summed E-state index contributed by atoms with van der Waals surface area (Å²) in [5, 5.41) is 8.32. The fourth-order valence-electron chi connectivity index (χ4n) is 3.05. The zero-order chi connectivity index (χ0) is 17.1. The Morgan fingerprint density at radius 1 is 1.08 bits per heavy atom. The van der Waals surface area contributed by atoms with E-state index in [9.17, 15) is 4.79 Å². The van der Waals surface area contributed by atoms with Crippen molar-refractivity contribution in [2.45, 2.75) is 25.3 Å². The first-order chi connectivity index (χ1) is 12.3. The molecule has 0 radical (unpaired) electrons. The number of pyridine rings is 2. The summed E-state index contributed by atoms with van der Waals surface area (Å²) in [6, 6.07) is 8.75. The van der Waals surface area contributed by atoms with E-state index in [-0.39, 0.29) is 11.9 Å². The number of amides is 1. The van der Waals surface area contributed by atoms with Gasteiger partial charge in [0, 0.05) is 30.7 Å². The van der Waals surface area contributed by atoms with Crippen molar-refractivity contribution < 1.29 is 9.21 Å². The summed E-state index contributed by atoms with van der Waals surface area (Å²) in [6.45, 7) is 0.660. The van der Waals surface area contributed by atoms with E-state index < -0.39 is 0 Å². The molecule has 4 rings (SSSR count). The Kier molecular flexibility index (Phi) is 4.20. The summed E-state index contributed by atoms with van der Waals surface area (Å²) in [4.78, 5) is 22.8. The highest BCUT2D eigenvalue weighted by Crippen LogP contribution is 2.32. The van der Waals surface area contributed by atoms with Crippen molar-refractivity contribution in [3.8, 4) is 11.5 Å². The lowest BCUT2D eigenvalue weighted by Gasteiger charge is -2.33. The Morgan fingerprint density at radius 3 is 2.76 bits per heavy atom. The number of carbonyl (C=O) groups excluding carboxylic acids is 1. The van der Waals surface area contributed by atoms with Crippen LogP contribution in [0.4, 0.5) is 0 Å². The average Bonchev–Trinajstić information content (AvgIpc) is 3.19. The molecule has 7 heteroatoms. The Hall–Kier alpha value is -3.09. The van der Waals surface area contributed by atoms with Gasteiger partial charge in [-0.05, 0) is 43.5 Å². The zero-order valence-corrected chi connectivity index (χ0v) is 13.6. The van der Waals surface area contributed by atoms with Crippen LogP contribution in [0.3, 0.4) is 0 Å². The van der Waals surface area contributed by atoms with E-state index in [1.807, 2.05) is 18.2 Å². The van der Waals surface area contributed by atoms with E-state index in [0.29, 0.717) is 24.0 Å². The molecule has 3 aromatic rings. The lowest BCUT2D eigenvalue weighted by atomic mass is 10.0. The maximum Gasteiger partial charge on any atom is 0.273 e. The van der Waals surface area contributed by atoms with Gasteiger partial charge in [0.05, 0.1) is 0 Å². The molecule has 126 valence electrons. The number of hydrogen-bond donors (Lipinski definition) is 0. The smallest absolute Gasteiger partial charge is 0.273 e. The van der Waals surface area contributed by atoms with Gasteiger partial charge >= 0.3 is 0 Å². The average molecular weight is 335 g/mol. The first-order valence-corrected chi connectivity index (χ1v) is 8.29. The molecule has 0 N–H and O–H groups in total. The minimum atomic E-state index is -0.216. The van der Waals surface area contributed by atoms with Crippen LogP contribution in [0.2, 0.25) is 0 Å². The van der Waals surface area contributed by atoms with Crippen LogP contribution in [0.15, 0.2) is 53.3 Å². The quantitative estimate of drug-likeness (QED) is 0.731. The van der Waals surface area contributed by atoms with E-state index >= 15 is 0 Å². The van der Waals surface area contributed by atoms with Crippen LogP contribution in [-0.4, -0.2) is 37.5 Å². The molecule has 1 saturated heterocycles. The molecule has 0 bridgehead atoms. The Bertz CT molecular complexity index is 850. The van der Waals surface area contributed by atoms with Crippen LogP contribution in [0.1, 0.15) is 41.7 Å². The fourth-order valence-corrected chi connectivity index (χ4v) is 3.05. The van der Waals surface area contributed by atoms with Gasteiger partial charge in [0.2, 0.25) is 11.8 Å². The maximum atomic E-state index is 12.8. The Balaban J connectivity index is 1.62. The van der Waals surface area contributed by atoms with Crippen LogP contribution >= 0.6 is 0 Å². The molecule has 3 aromatic heterocycles. The SMILES string of the molecule is O=C(c1ccccn1)N1CCCC[C@H]1c1nnc(-c2ccncc2)o1. The molecule has 1 fully saturated rings. The second kappa shape index (κ2) is 6.80. The van der Waals surface area contributed by atoms with Crippen molar-refractivity contribution in [3.63, 3.8) is 0 Å². The molecule has 0 spiro atoms. The van der Waals surface area contributed by atoms with Crippen LogP contribution in [0.25, 0.3) is 11.5 Å². The van der Waals surface area contributed by atoms with Gasteiger partial charge < -0.3 is 9.32 Å². The summed E-state index contributed by atoms with van der Waals surface area (Å²) in [5.74, 6) is 0.804. The van der Waals surface area contributed by atoms with Gasteiger partial charge in [-0.15, -0.1) is 10.2 Å². The van der Waals surface area contributed by atoms with E-state index in [1.54, 1.807) is 35.6 Å². The van der Waals surface area contributed by atoms with Gasteiger partial charge in [-0.25, -0.2) is 0 Å². The lowest BCUT2D eigenvalue weighted by molar-refractivity contribution is 0.0566. The topological polar surface area (TPSA) is 85.0 Å². The second-order valence-electron chi connectivity index (χ2n) is 5.91. The number of hydrogen-bond acceptors (Lipinski definition) is 6. The van der Waals surface area contributed by atoms with Crippen molar-refractivity contribution in [1.29, 1.82) is 0 Å². The summed E-state index contributed by atoms with van der Waals surface area (Å²) in [6.07, 6.45) is 7.76. The minimum Gasteiger partial charge on any atom is -0.418 e. The first-order valence-electron chi connectivity index (χ1n) is 8.29. The van der Waals surface area contributed by atoms with E-state index in [1.165, 1.54) is 0 Å². The first kappa shape index (κ1) is 15.4. The molecule has 4 heterocycles. The fraction of sp³-hybridized carbons (Fsp3) is 0.278. The number of carbonyl (C=O) groups is 1. The van der Waals surface area contributed by atoms with Gasteiger partial charge in [0.15, 0.2) is 0 Å². The molecule has 1 aliphatic rings. The largest absolute Gasteiger partial charge is 0.418 e. The number of likely N-dealkylation sites (tertiary alicyclic amines) is 1. The van der Waals surface area contributed by atoms with E-state index in [2.05, 4.69) is 20.2 Å².